The second-order valence-corrected chi connectivity index (χ2v) is 10.8. The van der Waals surface area contributed by atoms with Crippen molar-refractivity contribution in [3.63, 3.8) is 0 Å². The molecule has 0 bridgehead atoms. The summed E-state index contributed by atoms with van der Waals surface area (Å²) < 4.78 is 39.2. The van der Waals surface area contributed by atoms with Gasteiger partial charge in [0.1, 0.15) is 17.9 Å². The zero-order chi connectivity index (χ0) is 28.5. The van der Waals surface area contributed by atoms with Crippen molar-refractivity contribution >= 4 is 16.8 Å². The fourth-order valence-corrected chi connectivity index (χ4v) is 6.01. The second-order valence-electron chi connectivity index (χ2n) is 10.8. The molecule has 192 valence electrons. The van der Waals surface area contributed by atoms with Crippen LogP contribution in [0, 0.1) is 30.1 Å². The number of nitrogens with one attached hydrogen (secondary N) is 2. The van der Waals surface area contributed by atoms with E-state index in [9.17, 15) is 9.18 Å². The highest BCUT2D eigenvalue weighted by atomic mass is 19.1. The van der Waals surface area contributed by atoms with Crippen molar-refractivity contribution in [3.05, 3.63) is 82.8 Å². The Bertz CT molecular complexity index is 1720. The Kier molecular flexibility index (Phi) is 4.51. The fourth-order valence-electron chi connectivity index (χ4n) is 6.01. The van der Waals surface area contributed by atoms with Gasteiger partial charge in [-0.25, -0.2) is 14.4 Å². The molecule has 1 amide bonds. The van der Waals surface area contributed by atoms with Gasteiger partial charge in [0.2, 0.25) is 0 Å². The number of nitrogens with zero attached hydrogens (tertiary/aromatic N) is 4. The predicted octanol–water partition coefficient (Wildman–Crippen LogP) is 3.78. The lowest BCUT2D eigenvalue weighted by Gasteiger charge is -2.17. The van der Waals surface area contributed by atoms with E-state index in [2.05, 4.69) is 32.1 Å². The molecule has 4 atom stereocenters. The average Bonchev–Trinajstić information content (AvgIpc) is 3.38. The van der Waals surface area contributed by atoms with E-state index in [1.165, 1.54) is 4.90 Å². The van der Waals surface area contributed by atoms with Crippen molar-refractivity contribution in [3.8, 4) is 11.8 Å². The number of alkyl halides is 1. The number of piperidine rings is 1. The normalized spacial score (nSPS) is 26.0. The zero-order valence-electron chi connectivity index (χ0n) is 24.0. The SMILES string of the molecule is [2H]C([2H])([2H])N1C[C@@H]2C[C@]2(C#Cc2cc(C)nc(C(=O)NC(c3cc4ccccc4[nH]3)c3ncn4c3C[C@@H](F)C4)c2)C1. The van der Waals surface area contributed by atoms with E-state index < -0.39 is 25.1 Å². The molecule has 7 nitrogen and oxygen atoms in total. The second kappa shape index (κ2) is 8.53. The van der Waals surface area contributed by atoms with Gasteiger partial charge in [-0.2, -0.15) is 0 Å². The predicted molar refractivity (Wildman–Crippen MR) is 142 cm³/mol. The van der Waals surface area contributed by atoms with Gasteiger partial charge in [-0.05, 0) is 55.9 Å². The number of aromatic amines is 1. The monoisotopic (exact) mass is 511 g/mol. The molecule has 7 rings (SSSR count). The minimum absolute atomic E-state index is 0.218. The Morgan fingerprint density at radius 2 is 2.21 bits per heavy atom. The summed E-state index contributed by atoms with van der Waals surface area (Å²) in [6.07, 6.45) is 1.78. The molecule has 1 unspecified atom stereocenters. The number of imidazole rings is 1. The van der Waals surface area contributed by atoms with Crippen molar-refractivity contribution in [2.24, 2.45) is 11.3 Å². The summed E-state index contributed by atoms with van der Waals surface area (Å²) in [7, 11) is 0. The largest absolute Gasteiger partial charge is 0.356 e. The third-order valence-corrected chi connectivity index (χ3v) is 7.99. The maximum atomic E-state index is 14.3. The molecule has 0 spiro atoms. The van der Waals surface area contributed by atoms with Crippen LogP contribution in [0.3, 0.4) is 0 Å². The molecule has 4 aromatic rings. The number of hydrogen-bond donors (Lipinski definition) is 2. The number of para-hydroxylation sites is 1. The maximum Gasteiger partial charge on any atom is 0.270 e. The van der Waals surface area contributed by atoms with Gasteiger partial charge in [0.15, 0.2) is 0 Å². The molecule has 8 heteroatoms. The van der Waals surface area contributed by atoms with Gasteiger partial charge >= 0.3 is 0 Å². The molecule has 2 fully saturated rings. The van der Waals surface area contributed by atoms with Crippen molar-refractivity contribution < 1.29 is 13.3 Å². The Balaban J connectivity index is 1.18. The Labute approximate surface area is 224 Å². The topological polar surface area (TPSA) is 78.8 Å². The Hall–Kier alpha value is -3.96. The lowest BCUT2D eigenvalue weighted by atomic mass is 10.0. The van der Waals surface area contributed by atoms with E-state index in [0.29, 0.717) is 30.0 Å². The van der Waals surface area contributed by atoms with Crippen molar-refractivity contribution in [1.82, 2.24) is 29.7 Å². The molecule has 38 heavy (non-hydrogen) atoms. The third-order valence-electron chi connectivity index (χ3n) is 7.99. The van der Waals surface area contributed by atoms with Gasteiger partial charge in [0.05, 0.1) is 18.6 Å². The van der Waals surface area contributed by atoms with E-state index in [1.807, 2.05) is 43.3 Å². The van der Waals surface area contributed by atoms with Crippen LogP contribution in [0.4, 0.5) is 4.39 Å². The molecule has 1 saturated carbocycles. The number of pyridine rings is 1. The molecule has 2 N–H and O–H groups in total. The van der Waals surface area contributed by atoms with E-state index >= 15 is 0 Å². The number of hydrogen-bond acceptors (Lipinski definition) is 4. The van der Waals surface area contributed by atoms with E-state index in [4.69, 9.17) is 4.11 Å². The first-order valence-corrected chi connectivity index (χ1v) is 12.9. The van der Waals surface area contributed by atoms with Crippen LogP contribution in [-0.2, 0) is 13.0 Å². The molecular formula is C30H29FN6O. The minimum atomic E-state index is -2.11. The number of fused-ring (bicyclic) bond motifs is 3. The maximum absolute atomic E-state index is 14.3. The summed E-state index contributed by atoms with van der Waals surface area (Å²) >= 11 is 0. The number of benzene rings is 1. The van der Waals surface area contributed by atoms with Crippen molar-refractivity contribution in [2.75, 3.05) is 20.1 Å². The summed E-state index contributed by atoms with van der Waals surface area (Å²) in [4.78, 5) is 27.7. The summed E-state index contributed by atoms with van der Waals surface area (Å²) in [5.41, 5.74) is 4.26. The lowest BCUT2D eigenvalue weighted by Crippen LogP contribution is -2.31. The van der Waals surface area contributed by atoms with Crippen LogP contribution in [-0.4, -0.2) is 56.6 Å². The van der Waals surface area contributed by atoms with Gasteiger partial charge in [0, 0.05) is 57.2 Å². The van der Waals surface area contributed by atoms with Crippen LogP contribution in [0.2, 0.25) is 0 Å². The fraction of sp³-hybridized carbons (Fsp3) is 0.367. The molecule has 5 heterocycles. The van der Waals surface area contributed by atoms with Crippen LogP contribution in [0.5, 0.6) is 0 Å². The van der Waals surface area contributed by atoms with Gasteiger partial charge in [-0.3, -0.25) is 4.79 Å². The highest BCUT2D eigenvalue weighted by Crippen LogP contribution is 2.56. The Morgan fingerprint density at radius 3 is 3.05 bits per heavy atom. The molecule has 3 aliphatic rings. The van der Waals surface area contributed by atoms with Gasteiger partial charge in [0.25, 0.3) is 5.91 Å². The number of halogens is 1. The molecule has 1 saturated heterocycles. The number of H-pyrrole nitrogens is 1. The van der Waals surface area contributed by atoms with Crippen molar-refractivity contribution in [1.29, 1.82) is 0 Å². The highest BCUT2D eigenvalue weighted by Gasteiger charge is 2.58. The van der Waals surface area contributed by atoms with Gasteiger partial charge in [-0.1, -0.05) is 30.0 Å². The van der Waals surface area contributed by atoms with Crippen LogP contribution in [0.1, 0.15) is 55.4 Å². The number of carbonyl (C=O) groups excluding carboxylic acids is 1. The van der Waals surface area contributed by atoms with Crippen LogP contribution in [0.25, 0.3) is 10.9 Å². The van der Waals surface area contributed by atoms with Crippen LogP contribution in [0.15, 0.2) is 48.8 Å². The number of carbonyl (C=O) groups is 1. The average molecular weight is 512 g/mol. The number of rotatable bonds is 4. The smallest absolute Gasteiger partial charge is 0.270 e. The van der Waals surface area contributed by atoms with E-state index in [1.54, 1.807) is 17.0 Å². The summed E-state index contributed by atoms with van der Waals surface area (Å²) in [5.74, 6) is 6.40. The van der Waals surface area contributed by atoms with Crippen LogP contribution < -0.4 is 5.32 Å². The summed E-state index contributed by atoms with van der Waals surface area (Å²) in [5, 5.41) is 4.09. The minimum Gasteiger partial charge on any atom is -0.356 e. The molecular weight excluding hydrogens is 479 g/mol. The van der Waals surface area contributed by atoms with Crippen molar-refractivity contribution in [2.45, 2.75) is 38.5 Å². The number of aryl methyl sites for hydroxylation is 1. The first-order chi connectivity index (χ1) is 19.6. The first kappa shape index (κ1) is 20.1. The number of amides is 1. The summed E-state index contributed by atoms with van der Waals surface area (Å²) in [6.45, 7) is 0.917. The number of likely N-dealkylation sites (tertiary alicyclic amines) is 1. The van der Waals surface area contributed by atoms with E-state index in [-0.39, 0.29) is 30.0 Å². The zero-order valence-corrected chi connectivity index (χ0v) is 21.0. The van der Waals surface area contributed by atoms with Gasteiger partial charge < -0.3 is 19.8 Å². The summed E-state index contributed by atoms with van der Waals surface area (Å²) in [6, 6.07) is 12.7. The quantitative estimate of drug-likeness (QED) is 0.409. The third kappa shape index (κ3) is 3.98. The van der Waals surface area contributed by atoms with Gasteiger partial charge in [-0.15, -0.1) is 0 Å². The standard InChI is InChI=1S/C30H29FN6O/c1-18-9-19(7-8-30-13-21(30)14-36(2)16-30)10-25(33-18)29(38)35-27(24-11-20-5-3-4-6-23(20)34-24)28-26-12-22(31)15-37(26)17-32-28/h3-6,9-11,17,21-22,27,34H,12-16H2,1-2H3,(H,35,38)/t21-,22+,27?,30+/m0/s1/i2D3. The first-order valence-electron chi connectivity index (χ1n) is 14.4. The van der Waals surface area contributed by atoms with Crippen LogP contribution >= 0.6 is 0 Å². The molecule has 1 aliphatic carbocycles. The Morgan fingerprint density at radius 1 is 1.32 bits per heavy atom. The lowest BCUT2D eigenvalue weighted by molar-refractivity contribution is 0.0936. The molecule has 2 aliphatic heterocycles. The highest BCUT2D eigenvalue weighted by molar-refractivity contribution is 5.93. The number of aromatic nitrogens is 4. The molecule has 1 aromatic carbocycles. The molecule has 3 aromatic heterocycles. The molecule has 0 radical (unpaired) electrons. The van der Waals surface area contributed by atoms with E-state index in [0.717, 1.165) is 28.7 Å².